The molecule has 4 aliphatic rings. The van der Waals surface area contributed by atoms with Crippen molar-refractivity contribution in [1.29, 1.82) is 0 Å². The molecule has 35 heavy (non-hydrogen) atoms. The van der Waals surface area contributed by atoms with Crippen molar-refractivity contribution < 1.29 is 32.3 Å². The van der Waals surface area contributed by atoms with Crippen LogP contribution in [0.2, 0.25) is 0 Å². The van der Waals surface area contributed by atoms with Gasteiger partial charge in [0.2, 0.25) is 10.9 Å². The Morgan fingerprint density at radius 1 is 1.31 bits per heavy atom. The largest absolute Gasteiger partial charge is 0.457 e. The van der Waals surface area contributed by atoms with Gasteiger partial charge in [0.05, 0.1) is 6.26 Å². The Morgan fingerprint density at radius 3 is 2.77 bits per heavy atom. The number of carbonyl (C=O) groups excluding carboxylic acids is 3. The molecule has 0 amide bonds. The second kappa shape index (κ2) is 8.29. The Kier molecular flexibility index (Phi) is 5.74. The molecule has 1 fully saturated rings. The smallest absolute Gasteiger partial charge is 0.375 e. The van der Waals surface area contributed by atoms with Gasteiger partial charge in [-0.15, -0.1) is 0 Å². The molecule has 8 heteroatoms. The third-order valence-corrected chi connectivity index (χ3v) is 9.65. The fourth-order valence-corrected chi connectivity index (χ4v) is 8.07. The van der Waals surface area contributed by atoms with E-state index >= 15 is 4.39 Å². The first-order chi connectivity index (χ1) is 16.6. The monoisotopic (exact) mass is 502 g/mol. The molecule has 5 rings (SSSR count). The topological polar surface area (TPSA) is 73.6 Å². The van der Waals surface area contributed by atoms with Gasteiger partial charge < -0.3 is 9.15 Å². The van der Waals surface area contributed by atoms with Crippen LogP contribution in [0.3, 0.4) is 0 Å². The summed E-state index contributed by atoms with van der Waals surface area (Å²) in [4.78, 5) is 38.6. The first-order valence-electron chi connectivity index (χ1n) is 11.9. The Balaban J connectivity index is 1.61. The van der Waals surface area contributed by atoms with Crippen LogP contribution in [0.4, 0.5) is 8.78 Å². The van der Waals surface area contributed by atoms with Crippen molar-refractivity contribution in [1.82, 2.24) is 0 Å². The molecule has 0 spiro atoms. The molecule has 2 unspecified atom stereocenters. The molecule has 0 saturated heterocycles. The predicted octanol–water partition coefficient (Wildman–Crippen LogP) is 6.13. The minimum atomic E-state index is -1.60. The third-order valence-electron chi connectivity index (χ3n) is 8.97. The fourth-order valence-electron chi connectivity index (χ4n) is 7.28. The van der Waals surface area contributed by atoms with E-state index in [0.29, 0.717) is 30.2 Å². The zero-order chi connectivity index (χ0) is 25.2. The van der Waals surface area contributed by atoms with Crippen LogP contribution in [0.5, 0.6) is 0 Å². The number of allylic oxidation sites excluding steroid dienone is 6. The SMILES string of the molecule is C[C@@H]1CC2C3CC(F)=C4CC(=O)C=C[C@]4(C)C3=CC[C@]2(C)[C@@]1(OC(=O)c1ccco1)C(=O)SCF. The van der Waals surface area contributed by atoms with Crippen molar-refractivity contribution in [2.24, 2.45) is 28.6 Å². The highest BCUT2D eigenvalue weighted by Crippen LogP contribution is 2.68. The molecule has 1 aromatic heterocycles. The van der Waals surface area contributed by atoms with Gasteiger partial charge in [0.1, 0.15) is 11.8 Å². The second-order valence-corrected chi connectivity index (χ2v) is 11.4. The Hall–Kier alpha value is -2.48. The van der Waals surface area contributed by atoms with Gasteiger partial charge in [-0.2, -0.15) is 0 Å². The number of thioether (sulfide) groups is 1. The number of fused-ring (bicyclic) bond motifs is 5. The standard InChI is InChI=1S/C27H28F2O5S/c1-15-11-19-17-13-21(29)20-12-16(30)6-8-25(20,2)18(17)7-9-26(19,3)27(15,24(32)35-14-28)34-23(31)22-5-4-10-33-22/h4-8,10,15,17,19H,9,11-14H2,1-3H3/t15-,17?,19?,25-,26+,27+/m1/s1. The van der Waals surface area contributed by atoms with Crippen LogP contribution >= 0.6 is 11.8 Å². The highest BCUT2D eigenvalue weighted by atomic mass is 32.2. The number of hydrogen-bond acceptors (Lipinski definition) is 6. The number of hydrogen-bond donors (Lipinski definition) is 0. The quantitative estimate of drug-likeness (QED) is 0.364. The normalized spacial score (nSPS) is 37.9. The molecule has 1 saturated carbocycles. The van der Waals surface area contributed by atoms with Crippen molar-refractivity contribution in [3.05, 3.63) is 59.4 Å². The second-order valence-electron chi connectivity index (χ2n) is 10.5. The lowest BCUT2D eigenvalue weighted by Crippen LogP contribution is -2.58. The molecule has 186 valence electrons. The molecular formula is C27H28F2O5S. The van der Waals surface area contributed by atoms with E-state index in [9.17, 15) is 18.8 Å². The summed E-state index contributed by atoms with van der Waals surface area (Å²) >= 11 is 0.506. The van der Waals surface area contributed by atoms with Crippen LogP contribution in [0.15, 0.2) is 58.0 Å². The first kappa shape index (κ1) is 24.2. The van der Waals surface area contributed by atoms with E-state index in [1.807, 2.05) is 26.8 Å². The summed E-state index contributed by atoms with van der Waals surface area (Å²) in [5, 5.41) is -0.531. The molecule has 1 heterocycles. The van der Waals surface area contributed by atoms with E-state index in [4.69, 9.17) is 9.15 Å². The number of ether oxygens (including phenoxy) is 1. The van der Waals surface area contributed by atoms with E-state index in [1.165, 1.54) is 18.4 Å². The van der Waals surface area contributed by atoms with Crippen molar-refractivity contribution >= 4 is 28.6 Å². The summed E-state index contributed by atoms with van der Waals surface area (Å²) in [5.74, 6) is -2.02. The van der Waals surface area contributed by atoms with Gasteiger partial charge >= 0.3 is 5.97 Å². The summed E-state index contributed by atoms with van der Waals surface area (Å²) in [6.07, 6.45) is 7.83. The van der Waals surface area contributed by atoms with Gasteiger partial charge in [0.15, 0.2) is 11.4 Å². The van der Waals surface area contributed by atoms with Gasteiger partial charge in [-0.1, -0.05) is 31.6 Å². The lowest BCUT2D eigenvalue weighted by molar-refractivity contribution is -0.151. The van der Waals surface area contributed by atoms with Crippen LogP contribution < -0.4 is 0 Å². The van der Waals surface area contributed by atoms with Crippen LogP contribution in [0, 0.1) is 28.6 Å². The lowest BCUT2D eigenvalue weighted by Gasteiger charge is -2.53. The zero-order valence-electron chi connectivity index (χ0n) is 19.9. The molecule has 0 bridgehead atoms. The Morgan fingerprint density at radius 2 is 2.09 bits per heavy atom. The highest BCUT2D eigenvalue weighted by Gasteiger charge is 2.70. The lowest BCUT2D eigenvalue weighted by atomic mass is 9.52. The maximum absolute atomic E-state index is 15.5. The number of furan rings is 1. The van der Waals surface area contributed by atoms with E-state index < -0.39 is 39.4 Å². The summed E-state index contributed by atoms with van der Waals surface area (Å²) < 4.78 is 40.2. The van der Waals surface area contributed by atoms with Gasteiger partial charge in [-0.05, 0) is 67.1 Å². The predicted molar refractivity (Wildman–Crippen MR) is 127 cm³/mol. The van der Waals surface area contributed by atoms with Crippen molar-refractivity contribution in [2.75, 3.05) is 6.01 Å². The van der Waals surface area contributed by atoms with E-state index in [1.54, 1.807) is 12.1 Å². The maximum Gasteiger partial charge on any atom is 0.375 e. The van der Waals surface area contributed by atoms with Crippen molar-refractivity contribution in [3.8, 4) is 0 Å². The highest BCUT2D eigenvalue weighted by molar-refractivity contribution is 8.13. The Bertz CT molecular complexity index is 1180. The van der Waals surface area contributed by atoms with Gasteiger partial charge in [-0.3, -0.25) is 9.59 Å². The van der Waals surface area contributed by atoms with Crippen molar-refractivity contribution in [3.63, 3.8) is 0 Å². The minimum Gasteiger partial charge on any atom is -0.457 e. The van der Waals surface area contributed by atoms with Gasteiger partial charge in [-0.25, -0.2) is 13.6 Å². The van der Waals surface area contributed by atoms with Crippen LogP contribution in [-0.4, -0.2) is 28.5 Å². The van der Waals surface area contributed by atoms with Crippen LogP contribution in [-0.2, 0) is 14.3 Å². The summed E-state index contributed by atoms with van der Waals surface area (Å²) in [6.45, 7) is 5.69. The third kappa shape index (κ3) is 3.28. The average Bonchev–Trinajstić information content (AvgIpc) is 3.42. The van der Waals surface area contributed by atoms with E-state index in [2.05, 4.69) is 0 Å². The molecule has 4 aliphatic carbocycles. The molecule has 1 aromatic rings. The van der Waals surface area contributed by atoms with Gasteiger partial charge in [0.25, 0.3) is 0 Å². The van der Waals surface area contributed by atoms with E-state index in [0.717, 1.165) is 5.57 Å². The number of rotatable bonds is 4. The molecule has 5 nitrogen and oxygen atoms in total. The molecule has 0 N–H and O–H groups in total. The molecule has 6 atom stereocenters. The first-order valence-corrected chi connectivity index (χ1v) is 12.9. The number of alkyl halides is 1. The van der Waals surface area contributed by atoms with Crippen LogP contribution in [0.25, 0.3) is 0 Å². The van der Waals surface area contributed by atoms with Crippen molar-refractivity contribution in [2.45, 2.75) is 52.1 Å². The summed E-state index contributed by atoms with van der Waals surface area (Å²) in [6, 6.07) is 2.08. The number of esters is 1. The molecule has 0 radical (unpaired) electrons. The maximum atomic E-state index is 15.5. The van der Waals surface area contributed by atoms with Crippen LogP contribution in [0.1, 0.15) is 57.0 Å². The van der Waals surface area contributed by atoms with Gasteiger partial charge in [0, 0.05) is 29.6 Å². The molecular weight excluding hydrogens is 474 g/mol. The number of ketones is 1. The van der Waals surface area contributed by atoms with E-state index in [-0.39, 0.29) is 42.0 Å². The number of halogens is 2. The zero-order valence-corrected chi connectivity index (χ0v) is 20.8. The molecule has 0 aromatic carbocycles. The minimum absolute atomic E-state index is 0.0329. The average molecular weight is 503 g/mol. The fraction of sp³-hybridized carbons (Fsp3) is 0.519. The Labute approximate surface area is 207 Å². The number of carbonyl (C=O) groups is 3. The summed E-state index contributed by atoms with van der Waals surface area (Å²) in [5.41, 5.74) is -1.60. The molecule has 0 aliphatic heterocycles. The summed E-state index contributed by atoms with van der Waals surface area (Å²) in [7, 11) is 0.